The highest BCUT2D eigenvalue weighted by atomic mass is 32.2. The lowest BCUT2D eigenvalue weighted by Crippen LogP contribution is -2.20. The van der Waals surface area contributed by atoms with Crippen molar-refractivity contribution >= 4 is 11.8 Å². The molecule has 0 bridgehead atoms. The summed E-state index contributed by atoms with van der Waals surface area (Å²) in [4.78, 5) is 7.10. The van der Waals surface area contributed by atoms with Crippen LogP contribution in [0.3, 0.4) is 0 Å². The lowest BCUT2D eigenvalue weighted by atomic mass is 10.1. The molecule has 0 aliphatic heterocycles. The van der Waals surface area contributed by atoms with E-state index in [0.717, 1.165) is 62.4 Å². The van der Waals surface area contributed by atoms with Gasteiger partial charge in [0, 0.05) is 38.1 Å². The zero-order valence-corrected chi connectivity index (χ0v) is 15.5. The van der Waals surface area contributed by atoms with Crippen molar-refractivity contribution in [1.82, 2.24) is 9.88 Å². The summed E-state index contributed by atoms with van der Waals surface area (Å²) in [7, 11) is 3.95. The van der Waals surface area contributed by atoms with Gasteiger partial charge in [0.2, 0.25) is 5.88 Å². The molecule has 1 fully saturated rings. The predicted molar refractivity (Wildman–Crippen MR) is 97.4 cm³/mol. The Balaban J connectivity index is 1.97. The maximum atomic E-state index is 5.88. The van der Waals surface area contributed by atoms with Gasteiger partial charge in [-0.05, 0) is 62.8 Å². The number of aromatic nitrogens is 1. The molecule has 0 atom stereocenters. The van der Waals surface area contributed by atoms with Crippen molar-refractivity contribution in [1.29, 1.82) is 0 Å². The second-order valence-corrected chi connectivity index (χ2v) is 7.23. The first-order chi connectivity index (χ1) is 11.2. The van der Waals surface area contributed by atoms with Gasteiger partial charge in [-0.1, -0.05) is 0 Å². The maximum absolute atomic E-state index is 5.88. The van der Waals surface area contributed by atoms with E-state index in [-0.39, 0.29) is 0 Å². The fraction of sp³-hybridized carbons (Fsp3) is 0.722. The van der Waals surface area contributed by atoms with E-state index >= 15 is 0 Å². The van der Waals surface area contributed by atoms with Crippen molar-refractivity contribution in [2.75, 3.05) is 39.4 Å². The number of methoxy groups -OCH3 is 1. The van der Waals surface area contributed by atoms with E-state index in [9.17, 15) is 0 Å². The van der Waals surface area contributed by atoms with Crippen molar-refractivity contribution in [3.63, 3.8) is 0 Å². The molecular weight excluding hydrogens is 308 g/mol. The number of rotatable bonds is 12. The Morgan fingerprint density at radius 3 is 2.78 bits per heavy atom. The molecule has 1 aliphatic rings. The topological polar surface area (TPSA) is 34.6 Å². The standard InChI is InChI=1S/C18H30N2O2S/c1-20(17-7-8-17)14-15-12-16(6-4-9-21-2)19-18(13-15)22-10-5-11-23-3/h12-13,17H,4-11,14H2,1-3H3. The van der Waals surface area contributed by atoms with Gasteiger partial charge >= 0.3 is 0 Å². The second kappa shape index (κ2) is 10.2. The molecule has 1 aliphatic carbocycles. The summed E-state index contributed by atoms with van der Waals surface area (Å²) >= 11 is 1.85. The minimum absolute atomic E-state index is 0.743. The van der Waals surface area contributed by atoms with Crippen LogP contribution in [0.2, 0.25) is 0 Å². The monoisotopic (exact) mass is 338 g/mol. The molecule has 0 N–H and O–H groups in total. The number of nitrogens with zero attached hydrogens (tertiary/aromatic N) is 2. The van der Waals surface area contributed by atoms with Crippen LogP contribution in [0.4, 0.5) is 0 Å². The predicted octanol–water partition coefficient (Wildman–Crippen LogP) is 3.39. The van der Waals surface area contributed by atoms with Crippen LogP contribution in [0, 0.1) is 0 Å². The fourth-order valence-corrected chi connectivity index (χ4v) is 3.03. The van der Waals surface area contributed by atoms with Gasteiger partial charge in [-0.2, -0.15) is 11.8 Å². The molecule has 2 rings (SSSR count). The van der Waals surface area contributed by atoms with Crippen LogP contribution < -0.4 is 4.74 Å². The summed E-state index contributed by atoms with van der Waals surface area (Å²) in [5.74, 6) is 1.91. The molecule has 0 unspecified atom stereocenters. The average Bonchev–Trinajstić information content (AvgIpc) is 3.37. The third kappa shape index (κ3) is 7.10. The summed E-state index contributed by atoms with van der Waals surface area (Å²) in [6, 6.07) is 5.10. The van der Waals surface area contributed by atoms with Gasteiger partial charge in [0.15, 0.2) is 0 Å². The van der Waals surface area contributed by atoms with E-state index in [4.69, 9.17) is 9.47 Å². The number of ether oxygens (including phenoxy) is 2. The normalized spacial score (nSPS) is 14.4. The molecule has 0 saturated heterocycles. The number of thioether (sulfide) groups is 1. The Kier molecular flexibility index (Phi) is 8.20. The van der Waals surface area contributed by atoms with Crippen LogP contribution in [0.15, 0.2) is 12.1 Å². The second-order valence-electron chi connectivity index (χ2n) is 6.24. The van der Waals surface area contributed by atoms with Gasteiger partial charge < -0.3 is 9.47 Å². The van der Waals surface area contributed by atoms with Crippen LogP contribution in [0.1, 0.15) is 36.9 Å². The fourth-order valence-electron chi connectivity index (χ4n) is 2.62. The minimum atomic E-state index is 0.743. The van der Waals surface area contributed by atoms with Crippen LogP contribution in [0.5, 0.6) is 5.88 Å². The van der Waals surface area contributed by atoms with E-state index in [1.807, 2.05) is 11.8 Å². The Morgan fingerprint density at radius 2 is 2.09 bits per heavy atom. The zero-order chi connectivity index (χ0) is 16.5. The van der Waals surface area contributed by atoms with Crippen molar-refractivity contribution in [3.05, 3.63) is 23.4 Å². The number of hydrogen-bond donors (Lipinski definition) is 0. The molecule has 5 heteroatoms. The molecule has 130 valence electrons. The zero-order valence-electron chi connectivity index (χ0n) is 14.7. The molecular formula is C18H30N2O2S. The first-order valence-corrected chi connectivity index (χ1v) is 9.93. The first kappa shape index (κ1) is 18.6. The molecule has 0 radical (unpaired) electrons. The summed E-state index contributed by atoms with van der Waals surface area (Å²) in [5, 5.41) is 0. The van der Waals surface area contributed by atoms with Crippen molar-refractivity contribution < 1.29 is 9.47 Å². The maximum Gasteiger partial charge on any atom is 0.213 e. The Morgan fingerprint density at radius 1 is 1.26 bits per heavy atom. The molecule has 0 amide bonds. The highest BCUT2D eigenvalue weighted by Gasteiger charge is 2.26. The SMILES string of the molecule is COCCCc1cc(CN(C)C2CC2)cc(OCCCSC)n1. The van der Waals surface area contributed by atoms with Gasteiger partial charge in [-0.15, -0.1) is 0 Å². The lowest BCUT2D eigenvalue weighted by Gasteiger charge is -2.17. The molecule has 1 aromatic heterocycles. The number of pyridine rings is 1. The van der Waals surface area contributed by atoms with Gasteiger partial charge in [0.05, 0.1) is 6.61 Å². The highest BCUT2D eigenvalue weighted by molar-refractivity contribution is 7.98. The first-order valence-electron chi connectivity index (χ1n) is 8.53. The van der Waals surface area contributed by atoms with Crippen LogP contribution in [0.25, 0.3) is 0 Å². The van der Waals surface area contributed by atoms with E-state index in [0.29, 0.717) is 0 Å². The molecule has 0 aromatic carbocycles. The van der Waals surface area contributed by atoms with E-state index < -0.39 is 0 Å². The summed E-state index contributed by atoms with van der Waals surface area (Å²) in [6.07, 6.45) is 7.79. The average molecular weight is 339 g/mol. The van der Waals surface area contributed by atoms with Gasteiger partial charge in [-0.3, -0.25) is 4.90 Å². The molecule has 23 heavy (non-hydrogen) atoms. The Bertz CT molecular complexity index is 466. The third-order valence-electron chi connectivity index (χ3n) is 4.04. The van der Waals surface area contributed by atoms with E-state index in [1.54, 1.807) is 7.11 Å². The number of aryl methyl sites for hydroxylation is 1. The summed E-state index contributed by atoms with van der Waals surface area (Å²) in [5.41, 5.74) is 2.42. The smallest absolute Gasteiger partial charge is 0.213 e. The van der Waals surface area contributed by atoms with Crippen LogP contribution in [-0.2, 0) is 17.7 Å². The third-order valence-corrected chi connectivity index (χ3v) is 4.74. The van der Waals surface area contributed by atoms with E-state index in [1.165, 1.54) is 18.4 Å². The summed E-state index contributed by atoms with van der Waals surface area (Å²) < 4.78 is 11.0. The molecule has 1 saturated carbocycles. The van der Waals surface area contributed by atoms with Gasteiger partial charge in [-0.25, -0.2) is 4.98 Å². The Hall–Kier alpha value is -0.780. The lowest BCUT2D eigenvalue weighted by molar-refractivity contribution is 0.194. The quantitative estimate of drug-likeness (QED) is 0.546. The number of hydrogen-bond acceptors (Lipinski definition) is 5. The largest absolute Gasteiger partial charge is 0.478 e. The van der Waals surface area contributed by atoms with Crippen molar-refractivity contribution in [2.45, 2.75) is 44.7 Å². The van der Waals surface area contributed by atoms with Crippen LogP contribution >= 0.6 is 11.8 Å². The van der Waals surface area contributed by atoms with Crippen molar-refractivity contribution in [3.8, 4) is 5.88 Å². The molecule has 1 heterocycles. The molecule has 0 spiro atoms. The van der Waals surface area contributed by atoms with Gasteiger partial charge in [0.1, 0.15) is 0 Å². The minimum Gasteiger partial charge on any atom is -0.478 e. The molecule has 4 nitrogen and oxygen atoms in total. The van der Waals surface area contributed by atoms with E-state index in [2.05, 4.69) is 35.3 Å². The summed E-state index contributed by atoms with van der Waals surface area (Å²) in [6.45, 7) is 2.50. The Labute approximate surface area is 144 Å². The van der Waals surface area contributed by atoms with Gasteiger partial charge in [0.25, 0.3) is 0 Å². The van der Waals surface area contributed by atoms with Crippen LogP contribution in [-0.4, -0.2) is 55.3 Å². The highest BCUT2D eigenvalue weighted by Crippen LogP contribution is 2.27. The van der Waals surface area contributed by atoms with Crippen molar-refractivity contribution in [2.24, 2.45) is 0 Å². The molecule has 1 aromatic rings.